The van der Waals surface area contributed by atoms with Gasteiger partial charge in [-0.3, -0.25) is 4.98 Å². The van der Waals surface area contributed by atoms with Gasteiger partial charge >= 0.3 is 0 Å². The van der Waals surface area contributed by atoms with Crippen molar-refractivity contribution in [1.29, 1.82) is 0 Å². The first-order valence-corrected chi connectivity index (χ1v) is 13.8. The number of para-hydroxylation sites is 2. The number of rotatable bonds is 2. The van der Waals surface area contributed by atoms with E-state index in [9.17, 15) is 0 Å². The summed E-state index contributed by atoms with van der Waals surface area (Å²) in [5.74, 6) is 0. The van der Waals surface area contributed by atoms with Gasteiger partial charge < -0.3 is 4.42 Å². The fourth-order valence-corrected chi connectivity index (χ4v) is 6.44. The fraction of sp³-hybridized carbons (Fsp3) is 0. The number of fused-ring (bicyclic) bond motifs is 10. The predicted octanol–water partition coefficient (Wildman–Crippen LogP) is 10.3. The Morgan fingerprint density at radius 2 is 1.22 bits per heavy atom. The third kappa shape index (κ3) is 3.26. The van der Waals surface area contributed by atoms with Crippen LogP contribution in [-0.2, 0) is 0 Å². The van der Waals surface area contributed by atoms with Crippen molar-refractivity contribution in [2.75, 3.05) is 0 Å². The van der Waals surface area contributed by atoms with Crippen LogP contribution in [0.2, 0.25) is 0 Å². The van der Waals surface area contributed by atoms with Crippen LogP contribution < -0.4 is 0 Å². The van der Waals surface area contributed by atoms with E-state index in [0.717, 1.165) is 66.0 Å². The maximum absolute atomic E-state index is 6.15. The number of benzene rings is 6. The van der Waals surface area contributed by atoms with Gasteiger partial charge in [-0.15, -0.1) is 0 Å². The van der Waals surface area contributed by atoms with Crippen LogP contribution in [-0.4, -0.2) is 9.97 Å². The number of furan rings is 1. The van der Waals surface area contributed by atoms with Crippen LogP contribution in [0.1, 0.15) is 0 Å². The van der Waals surface area contributed by atoms with E-state index >= 15 is 0 Å². The van der Waals surface area contributed by atoms with Crippen LogP contribution in [0.15, 0.2) is 138 Å². The molecule has 6 aromatic carbocycles. The van der Waals surface area contributed by atoms with Crippen molar-refractivity contribution < 1.29 is 4.42 Å². The largest absolute Gasteiger partial charge is 0.456 e. The molecule has 0 bridgehead atoms. The maximum atomic E-state index is 6.15. The Morgan fingerprint density at radius 3 is 2.15 bits per heavy atom. The van der Waals surface area contributed by atoms with Gasteiger partial charge in [-0.2, -0.15) is 0 Å². The lowest BCUT2D eigenvalue weighted by atomic mass is 9.93. The molecule has 9 rings (SSSR count). The monoisotopic (exact) mass is 522 g/mol. The van der Waals surface area contributed by atoms with Crippen LogP contribution in [0.3, 0.4) is 0 Å². The molecule has 0 saturated carbocycles. The smallest absolute Gasteiger partial charge is 0.136 e. The highest BCUT2D eigenvalue weighted by molar-refractivity contribution is 6.28. The zero-order valence-corrected chi connectivity index (χ0v) is 22.0. The first kappa shape index (κ1) is 22.3. The molecule has 190 valence electrons. The molecule has 0 fully saturated rings. The Hall–Kier alpha value is -5.54. The van der Waals surface area contributed by atoms with Gasteiger partial charge in [0.2, 0.25) is 0 Å². The highest BCUT2D eigenvalue weighted by Gasteiger charge is 2.16. The summed E-state index contributed by atoms with van der Waals surface area (Å²) in [5, 5.41) is 9.26. The molecule has 0 aliphatic heterocycles. The minimum Gasteiger partial charge on any atom is -0.456 e. The Labute approximate surface area is 235 Å². The molecule has 9 aromatic rings. The second-order valence-electron chi connectivity index (χ2n) is 10.6. The summed E-state index contributed by atoms with van der Waals surface area (Å²) in [7, 11) is 0. The zero-order chi connectivity index (χ0) is 26.9. The van der Waals surface area contributed by atoms with E-state index in [1.165, 1.54) is 21.7 Å². The SMILES string of the molecule is c1cnc2c(c1)ccc1ccc3c(-c4ccc(-c5cccc6oc7ccccc7c56)cc4)nc4ccccc4c3c12. The summed E-state index contributed by atoms with van der Waals surface area (Å²) in [5.41, 5.74) is 8.20. The predicted molar refractivity (Wildman–Crippen MR) is 170 cm³/mol. The third-order valence-corrected chi connectivity index (χ3v) is 8.29. The van der Waals surface area contributed by atoms with Crippen molar-refractivity contribution in [3.63, 3.8) is 0 Å². The molecule has 0 aliphatic carbocycles. The van der Waals surface area contributed by atoms with Crippen molar-refractivity contribution in [2.45, 2.75) is 0 Å². The van der Waals surface area contributed by atoms with Gasteiger partial charge in [0.25, 0.3) is 0 Å². The molecule has 0 aliphatic rings. The van der Waals surface area contributed by atoms with Crippen molar-refractivity contribution >= 4 is 65.3 Å². The first-order chi connectivity index (χ1) is 20.3. The number of nitrogens with zero attached hydrogens (tertiary/aromatic N) is 2. The lowest BCUT2D eigenvalue weighted by molar-refractivity contribution is 0.669. The summed E-state index contributed by atoms with van der Waals surface area (Å²) >= 11 is 0. The average molecular weight is 523 g/mol. The minimum absolute atomic E-state index is 0.905. The second kappa shape index (κ2) is 8.48. The summed E-state index contributed by atoms with van der Waals surface area (Å²) in [6, 6.07) is 44.6. The van der Waals surface area contributed by atoms with Crippen LogP contribution >= 0.6 is 0 Å². The van der Waals surface area contributed by atoms with Gasteiger partial charge in [-0.25, -0.2) is 4.98 Å². The minimum atomic E-state index is 0.905. The molecular formula is C38H22N2O. The standard InChI is InChI=1S/C38H22N2O/c1-3-11-31-28(8-1)36-30(21-20-24-16-19-25-7-6-22-39-38(25)34(24)36)37(40-31)26-17-14-23(15-18-26)27-10-5-13-33-35(27)29-9-2-4-12-32(29)41-33/h1-22H. The molecule has 0 radical (unpaired) electrons. The molecule has 0 N–H and O–H groups in total. The highest BCUT2D eigenvalue weighted by Crippen LogP contribution is 2.41. The Bertz CT molecular complexity index is 2470. The van der Waals surface area contributed by atoms with Gasteiger partial charge in [-0.1, -0.05) is 103 Å². The van der Waals surface area contributed by atoms with Gasteiger partial charge in [0.1, 0.15) is 11.2 Å². The zero-order valence-electron chi connectivity index (χ0n) is 22.0. The highest BCUT2D eigenvalue weighted by atomic mass is 16.3. The second-order valence-corrected chi connectivity index (χ2v) is 10.6. The number of hydrogen-bond acceptors (Lipinski definition) is 3. The average Bonchev–Trinajstić information content (AvgIpc) is 3.43. The summed E-state index contributed by atoms with van der Waals surface area (Å²) in [6.07, 6.45) is 1.88. The Morgan fingerprint density at radius 1 is 0.463 bits per heavy atom. The third-order valence-electron chi connectivity index (χ3n) is 8.29. The Kier molecular flexibility index (Phi) is 4.61. The van der Waals surface area contributed by atoms with E-state index in [1.807, 2.05) is 30.5 Å². The van der Waals surface area contributed by atoms with Gasteiger partial charge in [-0.05, 0) is 40.8 Å². The van der Waals surface area contributed by atoms with Crippen molar-refractivity contribution in [3.05, 3.63) is 134 Å². The molecule has 3 aromatic heterocycles. The van der Waals surface area contributed by atoms with Crippen LogP contribution in [0, 0.1) is 0 Å². The summed E-state index contributed by atoms with van der Waals surface area (Å²) in [4.78, 5) is 10.0. The van der Waals surface area contributed by atoms with E-state index in [-0.39, 0.29) is 0 Å². The van der Waals surface area contributed by atoms with Crippen LogP contribution in [0.4, 0.5) is 0 Å². The molecule has 0 amide bonds. The number of hydrogen-bond donors (Lipinski definition) is 0. The molecule has 0 unspecified atom stereocenters. The van der Waals surface area contributed by atoms with E-state index in [2.05, 4.69) is 103 Å². The van der Waals surface area contributed by atoms with Crippen molar-refractivity contribution in [2.24, 2.45) is 0 Å². The molecule has 3 heteroatoms. The van der Waals surface area contributed by atoms with Gasteiger partial charge in [0.05, 0.1) is 16.7 Å². The Balaban J connectivity index is 1.30. The van der Waals surface area contributed by atoms with Gasteiger partial charge in [0.15, 0.2) is 0 Å². The van der Waals surface area contributed by atoms with E-state index < -0.39 is 0 Å². The topological polar surface area (TPSA) is 38.9 Å². The lowest BCUT2D eigenvalue weighted by Crippen LogP contribution is -1.92. The molecule has 3 heterocycles. The van der Waals surface area contributed by atoms with E-state index in [1.54, 1.807) is 0 Å². The van der Waals surface area contributed by atoms with E-state index in [4.69, 9.17) is 14.4 Å². The normalized spacial score (nSPS) is 11.9. The first-order valence-electron chi connectivity index (χ1n) is 13.8. The van der Waals surface area contributed by atoms with Crippen LogP contribution in [0.5, 0.6) is 0 Å². The van der Waals surface area contributed by atoms with Gasteiger partial charge in [0, 0.05) is 49.5 Å². The quantitative estimate of drug-likeness (QED) is 0.212. The molecule has 0 spiro atoms. The molecule has 41 heavy (non-hydrogen) atoms. The number of pyridine rings is 2. The maximum Gasteiger partial charge on any atom is 0.136 e. The summed E-state index contributed by atoms with van der Waals surface area (Å²) < 4.78 is 6.15. The van der Waals surface area contributed by atoms with E-state index in [0.29, 0.717) is 0 Å². The van der Waals surface area contributed by atoms with Crippen molar-refractivity contribution in [3.8, 4) is 22.4 Å². The molecule has 0 atom stereocenters. The van der Waals surface area contributed by atoms with Crippen LogP contribution in [0.25, 0.3) is 87.7 Å². The van der Waals surface area contributed by atoms with Crippen molar-refractivity contribution in [1.82, 2.24) is 9.97 Å². The molecule has 3 nitrogen and oxygen atoms in total. The molecular weight excluding hydrogens is 500 g/mol. The lowest BCUT2D eigenvalue weighted by Gasteiger charge is -2.14. The number of aromatic nitrogens is 2. The summed E-state index contributed by atoms with van der Waals surface area (Å²) in [6.45, 7) is 0. The fourth-order valence-electron chi connectivity index (χ4n) is 6.44. The molecule has 0 saturated heterocycles.